The molecule has 2 heteroatoms. The van der Waals surface area contributed by atoms with Crippen molar-refractivity contribution >= 4 is 5.97 Å². The van der Waals surface area contributed by atoms with Gasteiger partial charge in [0.05, 0.1) is 5.56 Å². The Morgan fingerprint density at radius 2 is 1.44 bits per heavy atom. The fraction of sp³-hybridized carbons (Fsp3) is 0.188. The highest BCUT2D eigenvalue weighted by Crippen LogP contribution is 2.26. The lowest BCUT2D eigenvalue weighted by Crippen LogP contribution is -1.95. The summed E-state index contributed by atoms with van der Waals surface area (Å²) in [5.74, 6) is -0.890. The van der Waals surface area contributed by atoms with Gasteiger partial charge in [-0.3, -0.25) is 0 Å². The van der Waals surface area contributed by atoms with Gasteiger partial charge in [-0.15, -0.1) is 0 Å². The first kappa shape index (κ1) is 12.4. The van der Waals surface area contributed by atoms with E-state index in [1.165, 1.54) is 16.7 Å². The zero-order valence-electron chi connectivity index (χ0n) is 10.8. The molecule has 0 aromatic heterocycles. The summed E-state index contributed by atoms with van der Waals surface area (Å²) in [6, 6.07) is 11.3. The molecule has 2 aromatic carbocycles. The molecule has 0 atom stereocenters. The minimum Gasteiger partial charge on any atom is -0.478 e. The molecule has 92 valence electrons. The second-order valence-corrected chi connectivity index (χ2v) is 4.63. The van der Waals surface area contributed by atoms with Crippen LogP contribution in [0.3, 0.4) is 0 Å². The number of hydrogen-bond acceptors (Lipinski definition) is 1. The van der Waals surface area contributed by atoms with Crippen LogP contribution in [-0.4, -0.2) is 11.1 Å². The molecule has 0 fully saturated rings. The van der Waals surface area contributed by atoms with Crippen molar-refractivity contribution in [1.29, 1.82) is 0 Å². The summed E-state index contributed by atoms with van der Waals surface area (Å²) in [4.78, 5) is 10.8. The van der Waals surface area contributed by atoms with Crippen LogP contribution in [-0.2, 0) is 0 Å². The maximum Gasteiger partial charge on any atom is 0.335 e. The molecule has 2 aromatic rings. The average Bonchev–Trinajstić information content (AvgIpc) is 2.34. The van der Waals surface area contributed by atoms with E-state index in [1.54, 1.807) is 12.1 Å². The molecule has 0 heterocycles. The molecule has 0 aliphatic rings. The minimum absolute atomic E-state index is 0.320. The number of hydrogen-bond donors (Lipinski definition) is 1. The second-order valence-electron chi connectivity index (χ2n) is 4.63. The summed E-state index contributed by atoms with van der Waals surface area (Å²) in [5.41, 5.74) is 6.27. The van der Waals surface area contributed by atoms with Crippen molar-refractivity contribution in [3.05, 3.63) is 58.7 Å². The first-order valence-corrected chi connectivity index (χ1v) is 5.90. The molecule has 0 amide bonds. The third-order valence-electron chi connectivity index (χ3n) is 3.28. The lowest BCUT2D eigenvalue weighted by molar-refractivity contribution is 0.0697. The standard InChI is InChI=1S/C16H16O2/c1-10-8-12(3)15(9-11(10)2)13-4-6-14(7-5-13)16(17)18/h4-9H,1-3H3,(H,17,18). The predicted molar refractivity (Wildman–Crippen MR) is 73.0 cm³/mol. The molecule has 2 nitrogen and oxygen atoms in total. The zero-order valence-corrected chi connectivity index (χ0v) is 10.8. The Bertz CT molecular complexity index is 595. The maximum absolute atomic E-state index is 10.8. The van der Waals surface area contributed by atoms with Crippen molar-refractivity contribution in [2.24, 2.45) is 0 Å². The van der Waals surface area contributed by atoms with E-state index in [-0.39, 0.29) is 0 Å². The minimum atomic E-state index is -0.890. The van der Waals surface area contributed by atoms with E-state index < -0.39 is 5.97 Å². The molecule has 0 saturated heterocycles. The average molecular weight is 240 g/mol. The van der Waals surface area contributed by atoms with Crippen molar-refractivity contribution < 1.29 is 9.90 Å². The fourth-order valence-corrected chi connectivity index (χ4v) is 2.06. The highest BCUT2D eigenvalue weighted by molar-refractivity contribution is 5.88. The van der Waals surface area contributed by atoms with Crippen LogP contribution in [0, 0.1) is 20.8 Å². The molecule has 2 rings (SSSR count). The van der Waals surface area contributed by atoms with Crippen LogP contribution in [0.5, 0.6) is 0 Å². The van der Waals surface area contributed by atoms with Crippen LogP contribution in [0.15, 0.2) is 36.4 Å². The van der Waals surface area contributed by atoms with Crippen molar-refractivity contribution in [1.82, 2.24) is 0 Å². The Labute approximate surface area is 107 Å². The van der Waals surface area contributed by atoms with E-state index in [9.17, 15) is 4.79 Å². The smallest absolute Gasteiger partial charge is 0.335 e. The molecule has 0 bridgehead atoms. The van der Waals surface area contributed by atoms with Gasteiger partial charge in [-0.1, -0.05) is 24.3 Å². The summed E-state index contributed by atoms with van der Waals surface area (Å²) in [7, 11) is 0. The van der Waals surface area contributed by atoms with E-state index in [1.807, 2.05) is 12.1 Å². The highest BCUT2D eigenvalue weighted by atomic mass is 16.4. The van der Waals surface area contributed by atoms with Crippen LogP contribution in [0.4, 0.5) is 0 Å². The molecule has 18 heavy (non-hydrogen) atoms. The normalized spacial score (nSPS) is 10.4. The lowest BCUT2D eigenvalue weighted by atomic mass is 9.95. The Hall–Kier alpha value is -2.09. The molecule has 0 saturated carbocycles. The van der Waals surface area contributed by atoms with E-state index in [2.05, 4.69) is 32.9 Å². The number of aromatic carboxylic acids is 1. The first-order valence-electron chi connectivity index (χ1n) is 5.90. The Morgan fingerprint density at radius 1 is 0.889 bits per heavy atom. The van der Waals surface area contributed by atoms with Gasteiger partial charge in [0.25, 0.3) is 0 Å². The summed E-state index contributed by atoms with van der Waals surface area (Å²) in [6.45, 7) is 6.26. The topological polar surface area (TPSA) is 37.3 Å². The van der Waals surface area contributed by atoms with Gasteiger partial charge >= 0.3 is 5.97 Å². The predicted octanol–water partition coefficient (Wildman–Crippen LogP) is 3.98. The monoisotopic (exact) mass is 240 g/mol. The molecular weight excluding hydrogens is 224 g/mol. The Morgan fingerprint density at radius 3 is 2.00 bits per heavy atom. The molecule has 1 N–H and O–H groups in total. The number of carboxylic acid groups (broad SMARTS) is 1. The molecule has 0 aliphatic heterocycles. The quantitative estimate of drug-likeness (QED) is 0.862. The van der Waals surface area contributed by atoms with Gasteiger partial charge in [0.1, 0.15) is 0 Å². The molecule has 0 radical (unpaired) electrons. The van der Waals surface area contributed by atoms with Gasteiger partial charge in [0, 0.05) is 0 Å². The molecule has 0 spiro atoms. The summed E-state index contributed by atoms with van der Waals surface area (Å²) in [6.07, 6.45) is 0. The molecular formula is C16H16O2. The molecule has 0 aliphatic carbocycles. The SMILES string of the molecule is Cc1cc(C)c(-c2ccc(C(=O)O)cc2)cc1C. The number of carbonyl (C=O) groups is 1. The maximum atomic E-state index is 10.8. The van der Waals surface area contributed by atoms with E-state index in [0.29, 0.717) is 5.56 Å². The number of rotatable bonds is 2. The van der Waals surface area contributed by atoms with Crippen molar-refractivity contribution in [3.63, 3.8) is 0 Å². The number of carboxylic acids is 1. The van der Waals surface area contributed by atoms with Crippen molar-refractivity contribution in [2.75, 3.05) is 0 Å². The fourth-order valence-electron chi connectivity index (χ4n) is 2.06. The van der Waals surface area contributed by atoms with E-state index >= 15 is 0 Å². The zero-order chi connectivity index (χ0) is 13.3. The lowest BCUT2D eigenvalue weighted by Gasteiger charge is -2.10. The number of aryl methyl sites for hydroxylation is 3. The third kappa shape index (κ3) is 2.28. The van der Waals surface area contributed by atoms with Crippen molar-refractivity contribution in [2.45, 2.75) is 20.8 Å². The molecule has 0 unspecified atom stereocenters. The van der Waals surface area contributed by atoms with Crippen LogP contribution in [0.2, 0.25) is 0 Å². The van der Waals surface area contributed by atoms with Gasteiger partial charge in [-0.05, 0) is 60.7 Å². The highest BCUT2D eigenvalue weighted by Gasteiger charge is 2.06. The van der Waals surface area contributed by atoms with Crippen LogP contribution >= 0.6 is 0 Å². The van der Waals surface area contributed by atoms with Gasteiger partial charge in [-0.2, -0.15) is 0 Å². The summed E-state index contributed by atoms with van der Waals surface area (Å²) in [5, 5.41) is 8.88. The van der Waals surface area contributed by atoms with Gasteiger partial charge < -0.3 is 5.11 Å². The van der Waals surface area contributed by atoms with Crippen LogP contribution in [0.25, 0.3) is 11.1 Å². The van der Waals surface area contributed by atoms with E-state index in [0.717, 1.165) is 11.1 Å². The second kappa shape index (κ2) is 4.65. The van der Waals surface area contributed by atoms with Gasteiger partial charge in [0.2, 0.25) is 0 Å². The van der Waals surface area contributed by atoms with Gasteiger partial charge in [0.15, 0.2) is 0 Å². The summed E-state index contributed by atoms with van der Waals surface area (Å²) >= 11 is 0. The van der Waals surface area contributed by atoms with Crippen molar-refractivity contribution in [3.8, 4) is 11.1 Å². The van der Waals surface area contributed by atoms with E-state index in [4.69, 9.17) is 5.11 Å². The van der Waals surface area contributed by atoms with Crippen LogP contribution < -0.4 is 0 Å². The van der Waals surface area contributed by atoms with Gasteiger partial charge in [-0.25, -0.2) is 4.79 Å². The van der Waals surface area contributed by atoms with Crippen LogP contribution in [0.1, 0.15) is 27.0 Å². The Balaban J connectivity index is 2.49. The summed E-state index contributed by atoms with van der Waals surface area (Å²) < 4.78 is 0. The number of benzene rings is 2. The first-order chi connectivity index (χ1) is 8.49. The Kier molecular flexibility index (Phi) is 3.19. The largest absolute Gasteiger partial charge is 0.478 e. The third-order valence-corrected chi connectivity index (χ3v) is 3.28.